The van der Waals surface area contributed by atoms with Gasteiger partial charge in [-0.15, -0.1) is 10.2 Å². The number of benzene rings is 3. The summed E-state index contributed by atoms with van der Waals surface area (Å²) in [6.45, 7) is 0. The summed E-state index contributed by atoms with van der Waals surface area (Å²) in [4.78, 5) is 29.2. The Hall–Kier alpha value is -3.27. The number of amides is 1. The third-order valence-electron chi connectivity index (χ3n) is 3.67. The van der Waals surface area contributed by atoms with Crippen molar-refractivity contribution < 1.29 is 14.4 Å². The fourth-order valence-electron chi connectivity index (χ4n) is 2.23. The fraction of sp³-hybridized carbons (Fsp3) is 0. The summed E-state index contributed by atoms with van der Waals surface area (Å²) in [7, 11) is 0. The molecule has 0 aliphatic heterocycles. The van der Waals surface area contributed by atoms with E-state index in [2.05, 4.69) is 38.3 Å². The van der Waals surface area contributed by atoms with Gasteiger partial charge in [-0.1, -0.05) is 24.3 Å². The highest BCUT2D eigenvalue weighted by Gasteiger charge is 2.11. The molecule has 0 atom stereocenters. The molecule has 0 spiro atoms. The average Bonchev–Trinajstić information content (AvgIpc) is 2.71. The first-order valence-electron chi connectivity index (χ1n) is 8.17. The van der Waals surface area contributed by atoms with Crippen LogP contribution in [-0.4, -0.2) is 11.9 Å². The number of rotatable bonds is 5. The maximum atomic E-state index is 12.1. The molecular weight excluding hydrogens is 471 g/mol. The Labute approximate surface area is 174 Å². The third kappa shape index (κ3) is 4.92. The molecule has 0 saturated heterocycles. The lowest BCUT2D eigenvalue weighted by molar-refractivity contribution is 0.0595. The van der Waals surface area contributed by atoms with Crippen LogP contribution in [0.5, 0.6) is 0 Å². The molecule has 0 radical (unpaired) electrons. The Bertz CT molecular complexity index is 1040. The summed E-state index contributed by atoms with van der Waals surface area (Å²) in [5.41, 5.74) is 10.5. The van der Waals surface area contributed by atoms with Crippen LogP contribution in [0.1, 0.15) is 20.7 Å². The largest absolute Gasteiger partial charge is 0.398 e. The number of carbonyl (C=O) groups excluding carboxylic acids is 2. The lowest BCUT2D eigenvalue weighted by atomic mass is 10.2. The van der Waals surface area contributed by atoms with Gasteiger partial charge in [-0.2, -0.15) is 0 Å². The van der Waals surface area contributed by atoms with Gasteiger partial charge in [0.05, 0.1) is 22.5 Å². The molecule has 0 aliphatic rings. The molecule has 0 heterocycles. The van der Waals surface area contributed by atoms with Gasteiger partial charge in [0.15, 0.2) is 0 Å². The molecule has 3 aromatic carbocycles. The monoisotopic (exact) mass is 486 g/mol. The van der Waals surface area contributed by atoms with E-state index in [9.17, 15) is 9.59 Å². The molecule has 0 unspecified atom stereocenters. The lowest BCUT2D eigenvalue weighted by Gasteiger charge is -2.07. The van der Waals surface area contributed by atoms with E-state index in [1.807, 2.05) is 12.1 Å². The molecule has 140 valence electrons. The fourth-order valence-corrected chi connectivity index (χ4v) is 2.84. The molecule has 0 aromatic heterocycles. The van der Waals surface area contributed by atoms with Crippen molar-refractivity contribution in [1.82, 2.24) is 0 Å². The zero-order valence-corrected chi connectivity index (χ0v) is 16.7. The molecular formula is C20H15IN4O3. The van der Waals surface area contributed by atoms with E-state index >= 15 is 0 Å². The topological polar surface area (TPSA) is 106 Å². The van der Waals surface area contributed by atoms with Gasteiger partial charge in [0.1, 0.15) is 0 Å². The highest BCUT2D eigenvalue weighted by molar-refractivity contribution is 14.1. The molecule has 0 bridgehead atoms. The number of anilines is 2. The zero-order valence-electron chi connectivity index (χ0n) is 14.5. The number of hydrogen-bond acceptors (Lipinski definition) is 6. The van der Waals surface area contributed by atoms with Gasteiger partial charge >= 0.3 is 5.97 Å². The van der Waals surface area contributed by atoms with Crippen molar-refractivity contribution in [2.45, 2.75) is 0 Å². The Morgan fingerprint density at radius 1 is 0.893 bits per heavy atom. The van der Waals surface area contributed by atoms with Crippen LogP contribution in [0.15, 0.2) is 83.0 Å². The number of nitrogens with two attached hydrogens (primary N) is 1. The van der Waals surface area contributed by atoms with Crippen molar-refractivity contribution in [3.05, 3.63) is 87.5 Å². The van der Waals surface area contributed by atoms with E-state index in [1.165, 1.54) is 0 Å². The van der Waals surface area contributed by atoms with Crippen LogP contribution >= 0.6 is 22.6 Å². The van der Waals surface area contributed by atoms with Gasteiger partial charge in [0, 0.05) is 9.26 Å². The number of nitrogens with one attached hydrogen (secondary N) is 1. The number of nitrogens with zero attached hydrogens (tertiary/aromatic N) is 2. The summed E-state index contributed by atoms with van der Waals surface area (Å²) >= 11 is 2.07. The highest BCUT2D eigenvalue weighted by Crippen LogP contribution is 2.19. The van der Waals surface area contributed by atoms with Crippen molar-refractivity contribution in [1.29, 1.82) is 0 Å². The first-order valence-corrected chi connectivity index (χ1v) is 9.25. The van der Waals surface area contributed by atoms with Crippen molar-refractivity contribution in [3.8, 4) is 0 Å². The summed E-state index contributed by atoms with van der Waals surface area (Å²) in [6.07, 6.45) is 0. The van der Waals surface area contributed by atoms with Crippen molar-refractivity contribution in [3.63, 3.8) is 0 Å². The Balaban J connectivity index is 1.59. The lowest BCUT2D eigenvalue weighted by Crippen LogP contribution is -2.11. The van der Waals surface area contributed by atoms with E-state index in [4.69, 9.17) is 10.6 Å². The van der Waals surface area contributed by atoms with E-state index in [1.54, 1.807) is 60.7 Å². The number of hydrogen-bond donors (Lipinski definition) is 2. The van der Waals surface area contributed by atoms with Crippen LogP contribution in [-0.2, 0) is 4.84 Å². The van der Waals surface area contributed by atoms with Crippen LogP contribution < -0.4 is 11.2 Å². The summed E-state index contributed by atoms with van der Waals surface area (Å²) < 4.78 is 0.798. The van der Waals surface area contributed by atoms with Crippen LogP contribution in [0.25, 0.3) is 0 Å². The molecule has 3 rings (SSSR count). The summed E-state index contributed by atoms with van der Waals surface area (Å²) in [5, 5.41) is 7.58. The smallest absolute Gasteiger partial charge is 0.363 e. The first kappa shape index (κ1) is 19.5. The normalized spacial score (nSPS) is 10.6. The molecule has 0 saturated carbocycles. The van der Waals surface area contributed by atoms with Gasteiger partial charge in [-0.3, -0.25) is 4.79 Å². The molecule has 0 aliphatic carbocycles. The van der Waals surface area contributed by atoms with Crippen LogP contribution in [0.3, 0.4) is 0 Å². The van der Waals surface area contributed by atoms with Gasteiger partial charge in [0.2, 0.25) is 0 Å². The average molecular weight is 486 g/mol. The standard InChI is InChI=1S/C20H15IN4O3/c21-17-7-3-1-5-15(17)20(27)28-25-14-11-9-13(10-12-14)23-24-19(26)16-6-2-4-8-18(16)22/h1-12,25H,22H2. The van der Waals surface area contributed by atoms with Crippen LogP contribution in [0.4, 0.5) is 17.1 Å². The van der Waals surface area contributed by atoms with E-state index in [0.717, 1.165) is 3.57 Å². The minimum absolute atomic E-state index is 0.298. The van der Waals surface area contributed by atoms with E-state index in [-0.39, 0.29) is 0 Å². The van der Waals surface area contributed by atoms with Crippen molar-refractivity contribution >= 4 is 51.5 Å². The van der Waals surface area contributed by atoms with Crippen molar-refractivity contribution in [2.24, 2.45) is 10.2 Å². The number of para-hydroxylation sites is 1. The maximum Gasteiger partial charge on any atom is 0.363 e. The molecule has 8 heteroatoms. The number of azo groups is 1. The second-order valence-corrected chi connectivity index (χ2v) is 6.77. The Kier molecular flexibility index (Phi) is 6.33. The summed E-state index contributed by atoms with van der Waals surface area (Å²) in [5.74, 6) is -1.01. The molecule has 1 amide bonds. The first-order chi connectivity index (χ1) is 13.5. The molecule has 28 heavy (non-hydrogen) atoms. The predicted molar refractivity (Wildman–Crippen MR) is 114 cm³/mol. The second-order valence-electron chi connectivity index (χ2n) is 5.61. The number of halogens is 1. The van der Waals surface area contributed by atoms with E-state index in [0.29, 0.717) is 28.2 Å². The minimum atomic E-state index is -0.522. The second kappa shape index (κ2) is 9.09. The van der Waals surface area contributed by atoms with Gasteiger partial charge in [-0.05, 0) is 71.1 Å². The van der Waals surface area contributed by atoms with Gasteiger partial charge in [-0.25, -0.2) is 10.3 Å². The van der Waals surface area contributed by atoms with Gasteiger partial charge < -0.3 is 10.6 Å². The molecule has 3 aromatic rings. The third-order valence-corrected chi connectivity index (χ3v) is 4.61. The van der Waals surface area contributed by atoms with E-state index < -0.39 is 11.9 Å². The maximum absolute atomic E-state index is 12.1. The molecule has 3 N–H and O–H groups in total. The minimum Gasteiger partial charge on any atom is -0.398 e. The van der Waals surface area contributed by atoms with Crippen LogP contribution in [0.2, 0.25) is 0 Å². The molecule has 7 nitrogen and oxygen atoms in total. The zero-order chi connectivity index (χ0) is 19.9. The SMILES string of the molecule is Nc1ccccc1C(=O)N=Nc1ccc(NOC(=O)c2ccccc2I)cc1. The molecule has 0 fully saturated rings. The van der Waals surface area contributed by atoms with Crippen molar-refractivity contribution in [2.75, 3.05) is 11.2 Å². The highest BCUT2D eigenvalue weighted by atomic mass is 127. The predicted octanol–water partition coefficient (Wildman–Crippen LogP) is 4.98. The number of carbonyl (C=O) groups is 2. The van der Waals surface area contributed by atoms with Crippen LogP contribution in [0, 0.1) is 3.57 Å². The quantitative estimate of drug-likeness (QED) is 0.229. The Morgan fingerprint density at radius 2 is 1.54 bits per heavy atom. The van der Waals surface area contributed by atoms with Gasteiger partial charge in [0.25, 0.3) is 5.91 Å². The Morgan fingerprint density at radius 3 is 2.21 bits per heavy atom. The number of nitrogen functional groups attached to an aromatic ring is 1. The summed E-state index contributed by atoms with van der Waals surface area (Å²) in [6, 6.07) is 20.3.